The summed E-state index contributed by atoms with van der Waals surface area (Å²) in [5.41, 5.74) is 0.937. The number of aryl methyl sites for hydroxylation is 1. The Hall–Kier alpha value is -3.30. The van der Waals surface area contributed by atoms with Crippen LogP contribution in [0.5, 0.6) is 0 Å². The molecule has 0 aliphatic rings. The van der Waals surface area contributed by atoms with Gasteiger partial charge in [0.2, 0.25) is 10.0 Å². The maximum atomic E-state index is 12.4. The number of Topliss-reactive ketones (excluding diaryl/α,β-unsaturated/α-hetero) is 1. The first-order valence-corrected chi connectivity index (χ1v) is 9.76. The lowest BCUT2D eigenvalue weighted by Crippen LogP contribution is -2.29. The molecule has 2 aromatic carbocycles. The molecule has 0 fully saturated rings. The summed E-state index contributed by atoms with van der Waals surface area (Å²) in [5.74, 6) is -0.308. The van der Waals surface area contributed by atoms with Gasteiger partial charge >= 0.3 is 0 Å². The number of amides is 1. The van der Waals surface area contributed by atoms with E-state index in [-0.39, 0.29) is 22.9 Å². The monoisotopic (exact) mass is 399 g/mol. The van der Waals surface area contributed by atoms with Crippen molar-refractivity contribution in [2.45, 2.75) is 11.8 Å². The Morgan fingerprint density at radius 1 is 1.04 bits per heavy atom. The Morgan fingerprint density at radius 2 is 1.71 bits per heavy atom. The molecular weight excluding hydrogens is 382 g/mol. The van der Waals surface area contributed by atoms with E-state index in [9.17, 15) is 18.0 Å². The molecule has 3 aromatic rings. The molecule has 0 saturated heterocycles. The zero-order valence-corrected chi connectivity index (χ0v) is 15.7. The van der Waals surface area contributed by atoms with E-state index >= 15 is 0 Å². The van der Waals surface area contributed by atoms with Crippen LogP contribution in [-0.4, -0.2) is 31.8 Å². The number of anilines is 1. The third-order valence-electron chi connectivity index (χ3n) is 3.80. The molecule has 0 spiro atoms. The van der Waals surface area contributed by atoms with Crippen LogP contribution in [-0.2, 0) is 10.0 Å². The summed E-state index contributed by atoms with van der Waals surface area (Å²) in [6.07, 6.45) is 0. The standard InChI is InChI=1S/C19H17N3O5S/c1-13-11-17(22-27-13)19(24)21-15-7-9-16(10-8-15)28(25,26)20-12-18(23)14-5-3-2-4-6-14/h2-11,20H,12H2,1H3,(H,21,24). The first-order valence-electron chi connectivity index (χ1n) is 8.28. The highest BCUT2D eigenvalue weighted by Crippen LogP contribution is 2.15. The van der Waals surface area contributed by atoms with Crippen molar-refractivity contribution in [2.24, 2.45) is 0 Å². The van der Waals surface area contributed by atoms with E-state index in [1.165, 1.54) is 30.3 Å². The van der Waals surface area contributed by atoms with Crippen LogP contribution >= 0.6 is 0 Å². The van der Waals surface area contributed by atoms with Crippen molar-refractivity contribution < 1.29 is 22.5 Å². The summed E-state index contributed by atoms with van der Waals surface area (Å²) in [6, 6.07) is 15.4. The molecule has 0 radical (unpaired) electrons. The summed E-state index contributed by atoms with van der Waals surface area (Å²) < 4.78 is 31.8. The van der Waals surface area contributed by atoms with Crippen LogP contribution in [0.25, 0.3) is 0 Å². The highest BCUT2D eigenvalue weighted by molar-refractivity contribution is 7.89. The molecule has 1 aromatic heterocycles. The molecule has 0 unspecified atom stereocenters. The first kappa shape index (κ1) is 19.5. The summed E-state index contributed by atoms with van der Waals surface area (Å²) in [4.78, 5) is 24.0. The van der Waals surface area contributed by atoms with Crippen molar-refractivity contribution in [3.05, 3.63) is 77.7 Å². The van der Waals surface area contributed by atoms with Gasteiger partial charge in [-0.3, -0.25) is 9.59 Å². The molecule has 9 heteroatoms. The number of carbonyl (C=O) groups is 2. The third kappa shape index (κ3) is 4.70. The SMILES string of the molecule is Cc1cc(C(=O)Nc2ccc(S(=O)(=O)NCC(=O)c3ccccc3)cc2)no1. The molecule has 3 rings (SSSR count). The van der Waals surface area contributed by atoms with E-state index in [0.29, 0.717) is 17.0 Å². The van der Waals surface area contributed by atoms with Gasteiger partial charge in [0.25, 0.3) is 5.91 Å². The number of aromatic nitrogens is 1. The molecule has 0 aliphatic carbocycles. The number of rotatable bonds is 7. The smallest absolute Gasteiger partial charge is 0.277 e. The van der Waals surface area contributed by atoms with Gasteiger partial charge in [-0.1, -0.05) is 35.5 Å². The Kier molecular flexibility index (Phi) is 5.67. The number of benzene rings is 2. The topological polar surface area (TPSA) is 118 Å². The van der Waals surface area contributed by atoms with Gasteiger partial charge in [-0.15, -0.1) is 0 Å². The Bertz CT molecular complexity index is 1090. The van der Waals surface area contributed by atoms with Crippen molar-refractivity contribution >= 4 is 27.4 Å². The average Bonchev–Trinajstić information content (AvgIpc) is 3.14. The molecule has 0 aliphatic heterocycles. The average molecular weight is 399 g/mol. The number of sulfonamides is 1. The molecule has 1 amide bonds. The lowest BCUT2D eigenvalue weighted by molar-refractivity contribution is 0.0994. The van der Waals surface area contributed by atoms with Gasteiger partial charge in [0.1, 0.15) is 5.76 Å². The minimum Gasteiger partial charge on any atom is -0.361 e. The molecule has 2 N–H and O–H groups in total. The van der Waals surface area contributed by atoms with Crippen molar-refractivity contribution in [1.82, 2.24) is 9.88 Å². The molecule has 1 heterocycles. The van der Waals surface area contributed by atoms with Crippen LogP contribution < -0.4 is 10.0 Å². The van der Waals surface area contributed by atoms with Crippen LogP contribution in [0.1, 0.15) is 26.6 Å². The van der Waals surface area contributed by atoms with E-state index < -0.39 is 15.9 Å². The van der Waals surface area contributed by atoms with Gasteiger partial charge in [0.05, 0.1) is 11.4 Å². The van der Waals surface area contributed by atoms with E-state index in [2.05, 4.69) is 15.2 Å². The lowest BCUT2D eigenvalue weighted by atomic mass is 10.1. The second-order valence-electron chi connectivity index (χ2n) is 5.92. The van der Waals surface area contributed by atoms with Crippen LogP contribution in [0, 0.1) is 6.92 Å². The van der Waals surface area contributed by atoms with Crippen LogP contribution in [0.3, 0.4) is 0 Å². The van der Waals surface area contributed by atoms with Crippen LogP contribution in [0.15, 0.2) is 70.1 Å². The highest BCUT2D eigenvalue weighted by Gasteiger charge is 2.17. The molecule has 0 atom stereocenters. The Balaban J connectivity index is 1.63. The van der Waals surface area contributed by atoms with Crippen LogP contribution in [0.4, 0.5) is 5.69 Å². The number of hydrogen-bond donors (Lipinski definition) is 2. The Morgan fingerprint density at radius 3 is 2.32 bits per heavy atom. The largest absolute Gasteiger partial charge is 0.361 e. The summed E-state index contributed by atoms with van der Waals surface area (Å²) in [7, 11) is -3.87. The molecule has 0 saturated carbocycles. The van der Waals surface area contributed by atoms with Gasteiger partial charge < -0.3 is 9.84 Å². The van der Waals surface area contributed by atoms with Crippen molar-refractivity contribution in [3.63, 3.8) is 0 Å². The van der Waals surface area contributed by atoms with Crippen molar-refractivity contribution in [2.75, 3.05) is 11.9 Å². The summed E-state index contributed by atoms with van der Waals surface area (Å²) >= 11 is 0. The van der Waals surface area contributed by atoms with Gasteiger partial charge in [0, 0.05) is 17.3 Å². The summed E-state index contributed by atoms with van der Waals surface area (Å²) in [6.45, 7) is 1.31. The molecule has 0 bridgehead atoms. The number of hydrogen-bond acceptors (Lipinski definition) is 6. The number of ketones is 1. The maximum absolute atomic E-state index is 12.4. The number of nitrogens with zero attached hydrogens (tertiary/aromatic N) is 1. The van der Waals surface area contributed by atoms with Crippen LogP contribution in [0.2, 0.25) is 0 Å². The predicted octanol–water partition coefficient (Wildman–Crippen LogP) is 2.40. The normalized spacial score (nSPS) is 11.2. The van der Waals surface area contributed by atoms with Crippen molar-refractivity contribution in [1.29, 1.82) is 0 Å². The second kappa shape index (κ2) is 8.15. The van der Waals surface area contributed by atoms with Gasteiger partial charge in [0.15, 0.2) is 11.5 Å². The number of nitrogens with one attached hydrogen (secondary N) is 2. The first-order chi connectivity index (χ1) is 13.3. The minimum atomic E-state index is -3.87. The van der Waals surface area contributed by atoms with E-state index in [1.807, 2.05) is 0 Å². The zero-order valence-electron chi connectivity index (χ0n) is 14.9. The molecule has 144 valence electrons. The van der Waals surface area contributed by atoms with E-state index in [1.54, 1.807) is 37.3 Å². The Labute approximate surface area is 161 Å². The fraction of sp³-hybridized carbons (Fsp3) is 0.105. The third-order valence-corrected chi connectivity index (χ3v) is 5.22. The van der Waals surface area contributed by atoms with E-state index in [0.717, 1.165) is 0 Å². The van der Waals surface area contributed by atoms with Gasteiger partial charge in [-0.2, -0.15) is 0 Å². The van der Waals surface area contributed by atoms with Crippen molar-refractivity contribution in [3.8, 4) is 0 Å². The lowest BCUT2D eigenvalue weighted by Gasteiger charge is -2.08. The van der Waals surface area contributed by atoms with E-state index in [4.69, 9.17) is 4.52 Å². The fourth-order valence-electron chi connectivity index (χ4n) is 2.36. The second-order valence-corrected chi connectivity index (χ2v) is 7.68. The highest BCUT2D eigenvalue weighted by atomic mass is 32.2. The molecular formula is C19H17N3O5S. The maximum Gasteiger partial charge on any atom is 0.277 e. The fourth-order valence-corrected chi connectivity index (χ4v) is 3.34. The molecule has 28 heavy (non-hydrogen) atoms. The minimum absolute atomic E-state index is 0.0244. The van der Waals surface area contributed by atoms with Gasteiger partial charge in [-0.25, -0.2) is 13.1 Å². The van der Waals surface area contributed by atoms with Gasteiger partial charge in [-0.05, 0) is 31.2 Å². The predicted molar refractivity (Wildman–Crippen MR) is 102 cm³/mol. The molecule has 8 nitrogen and oxygen atoms in total. The summed E-state index contributed by atoms with van der Waals surface area (Å²) in [5, 5.41) is 6.20. The zero-order chi connectivity index (χ0) is 20.1. The quantitative estimate of drug-likeness (QED) is 0.589. The number of carbonyl (C=O) groups excluding carboxylic acids is 2.